The number of nitrogens with zero attached hydrogens (tertiary/aromatic N) is 3. The summed E-state index contributed by atoms with van der Waals surface area (Å²) < 4.78 is 5.64. The zero-order chi connectivity index (χ0) is 24.9. The molecule has 2 aromatic heterocycles. The minimum atomic E-state index is 0.491. The molecule has 36 heavy (non-hydrogen) atoms. The Hall–Kier alpha value is -4.12. The lowest BCUT2D eigenvalue weighted by Gasteiger charge is -2.27. The average Bonchev–Trinajstić information content (AvgIpc) is 3.40. The van der Waals surface area contributed by atoms with Crippen molar-refractivity contribution in [2.75, 3.05) is 38.6 Å². The van der Waals surface area contributed by atoms with Gasteiger partial charge in [0.15, 0.2) is 0 Å². The van der Waals surface area contributed by atoms with Gasteiger partial charge in [0.2, 0.25) is 0 Å². The van der Waals surface area contributed by atoms with E-state index in [2.05, 4.69) is 56.7 Å². The maximum absolute atomic E-state index is 9.80. The largest absolute Gasteiger partial charge is 0.496 e. The van der Waals surface area contributed by atoms with Crippen LogP contribution in [0.15, 0.2) is 55.0 Å². The maximum Gasteiger partial charge on any atom is 0.126 e. The molecule has 0 saturated carbocycles. The van der Waals surface area contributed by atoms with Crippen molar-refractivity contribution in [2.45, 2.75) is 13.5 Å². The fraction of sp³-hybridized carbons (Fsp3) is 0.241. The number of nitriles is 1. The van der Waals surface area contributed by atoms with Crippen LogP contribution >= 0.6 is 0 Å². The van der Waals surface area contributed by atoms with Gasteiger partial charge in [0.1, 0.15) is 11.8 Å². The molecule has 7 heteroatoms. The van der Waals surface area contributed by atoms with Gasteiger partial charge in [0.25, 0.3) is 0 Å². The maximum atomic E-state index is 9.80. The van der Waals surface area contributed by atoms with Crippen molar-refractivity contribution >= 4 is 34.4 Å². The van der Waals surface area contributed by atoms with Crippen LogP contribution in [0.2, 0.25) is 0 Å². The van der Waals surface area contributed by atoms with Gasteiger partial charge in [-0.05, 0) is 48.4 Å². The molecule has 7 nitrogen and oxygen atoms in total. The number of aromatic nitrogens is 2. The zero-order valence-corrected chi connectivity index (χ0v) is 20.6. The molecule has 2 aromatic carbocycles. The van der Waals surface area contributed by atoms with Gasteiger partial charge in [-0.3, -0.25) is 9.88 Å². The van der Waals surface area contributed by atoms with Crippen LogP contribution in [-0.2, 0) is 6.54 Å². The first-order valence-electron chi connectivity index (χ1n) is 12.2. The SMILES string of the molecule is COc1ccc(CN2CCNCC2)cc1C=Cc1cncc(C#N)c1Nc1ccc2[nH]ccc2c1C. The summed E-state index contributed by atoms with van der Waals surface area (Å²) in [5.41, 5.74) is 7.45. The van der Waals surface area contributed by atoms with Gasteiger partial charge in [-0.1, -0.05) is 18.2 Å². The molecule has 4 aromatic rings. The summed E-state index contributed by atoms with van der Waals surface area (Å²) in [5, 5.41) is 17.9. The molecule has 0 radical (unpaired) electrons. The molecule has 0 spiro atoms. The summed E-state index contributed by atoms with van der Waals surface area (Å²) in [5.74, 6) is 0.808. The molecule has 0 bridgehead atoms. The average molecular weight is 479 g/mol. The van der Waals surface area contributed by atoms with Crippen LogP contribution in [0, 0.1) is 18.3 Å². The highest BCUT2D eigenvalue weighted by Gasteiger charge is 2.13. The fourth-order valence-corrected chi connectivity index (χ4v) is 4.70. The van der Waals surface area contributed by atoms with E-state index in [9.17, 15) is 5.26 Å². The molecule has 182 valence electrons. The van der Waals surface area contributed by atoms with E-state index in [1.165, 1.54) is 5.56 Å². The third-order valence-corrected chi connectivity index (χ3v) is 6.71. The lowest BCUT2D eigenvalue weighted by molar-refractivity contribution is 0.233. The molecule has 0 aliphatic carbocycles. The van der Waals surface area contributed by atoms with E-state index < -0.39 is 0 Å². The van der Waals surface area contributed by atoms with Crippen molar-refractivity contribution in [3.05, 3.63) is 82.8 Å². The highest BCUT2D eigenvalue weighted by molar-refractivity contribution is 5.90. The molecular formula is C29H30N6O. The topological polar surface area (TPSA) is 89.0 Å². The molecule has 1 aliphatic rings. The van der Waals surface area contributed by atoms with E-state index in [-0.39, 0.29) is 0 Å². The van der Waals surface area contributed by atoms with Crippen LogP contribution in [0.4, 0.5) is 11.4 Å². The number of methoxy groups -OCH3 is 1. The van der Waals surface area contributed by atoms with Crippen molar-refractivity contribution in [1.82, 2.24) is 20.2 Å². The number of nitrogens with one attached hydrogen (secondary N) is 3. The van der Waals surface area contributed by atoms with Gasteiger partial charge in [-0.15, -0.1) is 0 Å². The molecule has 3 heterocycles. The summed E-state index contributed by atoms with van der Waals surface area (Å²) in [4.78, 5) is 10.0. The number of hydrogen-bond donors (Lipinski definition) is 3. The predicted molar refractivity (Wildman–Crippen MR) is 145 cm³/mol. The van der Waals surface area contributed by atoms with E-state index in [0.29, 0.717) is 5.56 Å². The minimum Gasteiger partial charge on any atom is -0.496 e. The Morgan fingerprint density at radius 2 is 1.94 bits per heavy atom. The Morgan fingerprint density at radius 3 is 2.75 bits per heavy atom. The van der Waals surface area contributed by atoms with Crippen molar-refractivity contribution < 1.29 is 4.74 Å². The molecule has 0 unspecified atom stereocenters. The minimum absolute atomic E-state index is 0.491. The standard InChI is InChI=1S/C29H30N6O/c1-20-25-9-10-33-27(25)7-6-26(20)34-29-23(17-32-18-24(29)16-30)5-4-22-15-21(3-8-28(22)36-2)19-35-13-11-31-12-14-35/h3-10,15,17-18,31,33H,11-14,19H2,1-2H3,(H,32,34). The summed E-state index contributed by atoms with van der Waals surface area (Å²) in [6.07, 6.45) is 9.34. The van der Waals surface area contributed by atoms with Crippen molar-refractivity contribution in [3.8, 4) is 11.8 Å². The second-order valence-corrected chi connectivity index (χ2v) is 9.00. The molecule has 0 atom stereocenters. The molecular weight excluding hydrogens is 448 g/mol. The number of ether oxygens (including phenoxy) is 1. The number of H-pyrrole nitrogens is 1. The first-order valence-corrected chi connectivity index (χ1v) is 12.2. The van der Waals surface area contributed by atoms with Gasteiger partial charge in [-0.2, -0.15) is 5.26 Å². The van der Waals surface area contributed by atoms with E-state index in [0.717, 1.165) is 77.4 Å². The molecule has 3 N–H and O–H groups in total. The van der Waals surface area contributed by atoms with Gasteiger partial charge in [-0.25, -0.2) is 0 Å². The second kappa shape index (κ2) is 10.6. The highest BCUT2D eigenvalue weighted by atomic mass is 16.5. The van der Waals surface area contributed by atoms with Crippen LogP contribution < -0.4 is 15.4 Å². The van der Waals surface area contributed by atoms with Crippen molar-refractivity contribution in [3.63, 3.8) is 0 Å². The predicted octanol–water partition coefficient (Wildman–Crippen LogP) is 5.07. The Labute approximate surface area is 211 Å². The Morgan fingerprint density at radius 1 is 1.11 bits per heavy atom. The summed E-state index contributed by atoms with van der Waals surface area (Å²) in [6, 6.07) is 14.8. The summed E-state index contributed by atoms with van der Waals surface area (Å²) in [6.45, 7) is 7.14. The first kappa shape index (κ1) is 23.6. The number of anilines is 2. The number of aromatic amines is 1. The van der Waals surface area contributed by atoms with Crippen LogP contribution in [0.3, 0.4) is 0 Å². The van der Waals surface area contributed by atoms with Crippen LogP contribution in [0.5, 0.6) is 5.75 Å². The third kappa shape index (κ3) is 4.96. The number of aryl methyl sites for hydroxylation is 1. The normalized spacial score (nSPS) is 14.2. The summed E-state index contributed by atoms with van der Waals surface area (Å²) >= 11 is 0. The number of piperazine rings is 1. The molecule has 1 aliphatic heterocycles. The first-order chi connectivity index (χ1) is 17.7. The Kier molecular flexibility index (Phi) is 6.99. The van der Waals surface area contributed by atoms with Crippen LogP contribution in [-0.4, -0.2) is 48.2 Å². The van der Waals surface area contributed by atoms with Crippen molar-refractivity contribution in [2.24, 2.45) is 0 Å². The van der Waals surface area contributed by atoms with Crippen LogP contribution in [0.25, 0.3) is 23.1 Å². The zero-order valence-electron chi connectivity index (χ0n) is 20.6. The van der Waals surface area contributed by atoms with Gasteiger partial charge < -0.3 is 20.4 Å². The molecule has 5 rings (SSSR count). The second-order valence-electron chi connectivity index (χ2n) is 9.00. The fourth-order valence-electron chi connectivity index (χ4n) is 4.70. The number of rotatable bonds is 7. The molecule has 1 saturated heterocycles. The molecule has 0 amide bonds. The number of benzene rings is 2. The van der Waals surface area contributed by atoms with Gasteiger partial charge >= 0.3 is 0 Å². The molecule has 1 fully saturated rings. The Bertz CT molecular complexity index is 1440. The highest BCUT2D eigenvalue weighted by Crippen LogP contribution is 2.32. The van der Waals surface area contributed by atoms with E-state index in [4.69, 9.17) is 4.74 Å². The van der Waals surface area contributed by atoms with Crippen molar-refractivity contribution in [1.29, 1.82) is 5.26 Å². The quantitative estimate of drug-likeness (QED) is 0.344. The van der Waals surface area contributed by atoms with E-state index in [1.807, 2.05) is 36.5 Å². The Balaban J connectivity index is 1.46. The lowest BCUT2D eigenvalue weighted by Crippen LogP contribution is -2.42. The van der Waals surface area contributed by atoms with Gasteiger partial charge in [0.05, 0.1) is 18.4 Å². The lowest BCUT2D eigenvalue weighted by atomic mass is 10.0. The van der Waals surface area contributed by atoms with Crippen LogP contribution in [0.1, 0.15) is 27.8 Å². The van der Waals surface area contributed by atoms with E-state index in [1.54, 1.807) is 19.5 Å². The monoisotopic (exact) mass is 478 g/mol. The number of fused-ring (bicyclic) bond motifs is 1. The number of hydrogen-bond acceptors (Lipinski definition) is 6. The smallest absolute Gasteiger partial charge is 0.126 e. The third-order valence-electron chi connectivity index (χ3n) is 6.71. The number of pyridine rings is 1. The summed E-state index contributed by atoms with van der Waals surface area (Å²) in [7, 11) is 1.69. The van der Waals surface area contributed by atoms with Gasteiger partial charge in [0, 0.05) is 79.0 Å². The van der Waals surface area contributed by atoms with E-state index >= 15 is 0 Å².